The summed E-state index contributed by atoms with van der Waals surface area (Å²) in [7, 11) is 1.70. The van der Waals surface area contributed by atoms with E-state index in [4.69, 9.17) is 10.2 Å². The Kier molecular flexibility index (Phi) is 9.36. The molecule has 0 aromatic heterocycles. The number of carboxylic acid groups (broad SMARTS) is 2. The average Bonchev–Trinajstić information content (AvgIpc) is 2.38. The second kappa shape index (κ2) is 10.2. The third kappa shape index (κ3) is 9.32. The van der Waals surface area contributed by atoms with E-state index in [-0.39, 0.29) is 38.4 Å². The zero-order chi connectivity index (χ0) is 15.5. The van der Waals surface area contributed by atoms with Gasteiger partial charge < -0.3 is 15.1 Å². The SMILES string of the molecule is CCCCN(C)C(=O)CN(CCC(=O)O)CCC(=O)O. The first-order valence-electron chi connectivity index (χ1n) is 6.76. The summed E-state index contributed by atoms with van der Waals surface area (Å²) in [5.41, 5.74) is 0. The molecular weight excluding hydrogens is 264 g/mol. The van der Waals surface area contributed by atoms with Crippen LogP contribution in [0.5, 0.6) is 0 Å². The molecule has 0 spiro atoms. The van der Waals surface area contributed by atoms with Gasteiger partial charge in [0, 0.05) is 26.7 Å². The topological polar surface area (TPSA) is 98.2 Å². The third-order valence-electron chi connectivity index (χ3n) is 2.92. The Bertz CT molecular complexity index is 315. The molecule has 0 atom stereocenters. The maximum Gasteiger partial charge on any atom is 0.304 e. The predicted octanol–water partition coefficient (Wildman–Crippen LogP) is 0.496. The van der Waals surface area contributed by atoms with Crippen LogP contribution in [0.2, 0.25) is 0 Å². The van der Waals surface area contributed by atoms with Crippen molar-refractivity contribution in [2.75, 3.05) is 33.2 Å². The van der Waals surface area contributed by atoms with Gasteiger partial charge in [0.05, 0.1) is 19.4 Å². The summed E-state index contributed by atoms with van der Waals surface area (Å²) in [5, 5.41) is 17.3. The lowest BCUT2D eigenvalue weighted by Crippen LogP contribution is -2.40. The fourth-order valence-corrected chi connectivity index (χ4v) is 1.61. The van der Waals surface area contributed by atoms with Crippen molar-refractivity contribution in [1.29, 1.82) is 0 Å². The lowest BCUT2D eigenvalue weighted by Gasteiger charge is -2.24. The van der Waals surface area contributed by atoms with E-state index < -0.39 is 11.9 Å². The zero-order valence-electron chi connectivity index (χ0n) is 12.2. The van der Waals surface area contributed by atoms with Gasteiger partial charge in [-0.2, -0.15) is 0 Å². The first kappa shape index (κ1) is 18.4. The Labute approximate surface area is 119 Å². The molecule has 0 aliphatic carbocycles. The number of unbranched alkanes of at least 4 members (excludes halogenated alkanes) is 1. The van der Waals surface area contributed by atoms with Crippen LogP contribution < -0.4 is 0 Å². The molecular formula is C13H24N2O5. The molecule has 2 N–H and O–H groups in total. The summed E-state index contributed by atoms with van der Waals surface area (Å²) in [5.74, 6) is -2.04. The van der Waals surface area contributed by atoms with E-state index in [0.29, 0.717) is 6.54 Å². The second-order valence-corrected chi connectivity index (χ2v) is 4.73. The summed E-state index contributed by atoms with van der Waals surface area (Å²) in [4.78, 5) is 36.2. The Balaban J connectivity index is 4.33. The van der Waals surface area contributed by atoms with E-state index in [1.807, 2.05) is 6.92 Å². The van der Waals surface area contributed by atoms with E-state index in [1.165, 1.54) is 0 Å². The molecule has 0 bridgehead atoms. The van der Waals surface area contributed by atoms with Crippen LogP contribution in [0.15, 0.2) is 0 Å². The Hall–Kier alpha value is -1.63. The van der Waals surface area contributed by atoms with E-state index in [9.17, 15) is 14.4 Å². The third-order valence-corrected chi connectivity index (χ3v) is 2.92. The van der Waals surface area contributed by atoms with Gasteiger partial charge in [-0.25, -0.2) is 0 Å². The lowest BCUT2D eigenvalue weighted by molar-refractivity contribution is -0.139. The van der Waals surface area contributed by atoms with Gasteiger partial charge in [0.15, 0.2) is 0 Å². The fourth-order valence-electron chi connectivity index (χ4n) is 1.61. The zero-order valence-corrected chi connectivity index (χ0v) is 12.2. The first-order valence-corrected chi connectivity index (χ1v) is 6.76. The fraction of sp³-hybridized carbons (Fsp3) is 0.769. The highest BCUT2D eigenvalue weighted by molar-refractivity contribution is 5.78. The van der Waals surface area contributed by atoms with Crippen molar-refractivity contribution in [3.8, 4) is 0 Å². The molecule has 0 heterocycles. The number of hydrogen-bond acceptors (Lipinski definition) is 4. The van der Waals surface area contributed by atoms with Crippen LogP contribution in [0.1, 0.15) is 32.6 Å². The molecule has 7 heteroatoms. The smallest absolute Gasteiger partial charge is 0.304 e. The van der Waals surface area contributed by atoms with Crippen LogP contribution in [0.3, 0.4) is 0 Å². The second-order valence-electron chi connectivity index (χ2n) is 4.73. The van der Waals surface area contributed by atoms with Gasteiger partial charge in [0.1, 0.15) is 0 Å². The van der Waals surface area contributed by atoms with Crippen molar-refractivity contribution in [2.24, 2.45) is 0 Å². The Morgan fingerprint density at radius 3 is 1.85 bits per heavy atom. The minimum absolute atomic E-state index is 0.0563. The monoisotopic (exact) mass is 288 g/mol. The molecule has 0 unspecified atom stereocenters. The minimum atomic E-state index is -0.961. The van der Waals surface area contributed by atoms with Crippen molar-refractivity contribution in [1.82, 2.24) is 9.80 Å². The predicted molar refractivity (Wildman–Crippen MR) is 73.5 cm³/mol. The molecule has 0 aliphatic rings. The van der Waals surface area contributed by atoms with Crippen LogP contribution in [0, 0.1) is 0 Å². The van der Waals surface area contributed by atoms with Gasteiger partial charge >= 0.3 is 11.9 Å². The van der Waals surface area contributed by atoms with Crippen molar-refractivity contribution in [2.45, 2.75) is 32.6 Å². The highest BCUT2D eigenvalue weighted by atomic mass is 16.4. The molecule has 116 valence electrons. The first-order chi connectivity index (χ1) is 9.36. The minimum Gasteiger partial charge on any atom is -0.481 e. The molecule has 0 aliphatic heterocycles. The average molecular weight is 288 g/mol. The van der Waals surface area contributed by atoms with Gasteiger partial charge in [0.2, 0.25) is 5.91 Å². The van der Waals surface area contributed by atoms with Gasteiger partial charge in [-0.15, -0.1) is 0 Å². The van der Waals surface area contributed by atoms with E-state index in [2.05, 4.69) is 0 Å². The summed E-state index contributed by atoms with van der Waals surface area (Å²) >= 11 is 0. The Morgan fingerprint density at radius 2 is 1.45 bits per heavy atom. The highest BCUT2D eigenvalue weighted by Crippen LogP contribution is 1.99. The largest absolute Gasteiger partial charge is 0.481 e. The van der Waals surface area contributed by atoms with Crippen molar-refractivity contribution >= 4 is 17.8 Å². The molecule has 7 nitrogen and oxygen atoms in total. The molecule has 0 saturated heterocycles. The number of likely N-dealkylation sites (N-methyl/N-ethyl adjacent to an activating group) is 1. The summed E-state index contributed by atoms with van der Waals surface area (Å²) in [6.45, 7) is 3.10. The number of carbonyl (C=O) groups excluding carboxylic acids is 1. The normalized spacial score (nSPS) is 10.6. The molecule has 0 radical (unpaired) electrons. The highest BCUT2D eigenvalue weighted by Gasteiger charge is 2.16. The van der Waals surface area contributed by atoms with Gasteiger partial charge in [-0.1, -0.05) is 13.3 Å². The number of carboxylic acids is 2. The molecule has 0 rings (SSSR count). The molecule has 0 aromatic rings. The number of nitrogens with zero attached hydrogens (tertiary/aromatic N) is 2. The maximum atomic E-state index is 11.9. The van der Waals surface area contributed by atoms with Crippen molar-refractivity contribution in [3.05, 3.63) is 0 Å². The standard InChI is InChI=1S/C13H24N2O5/c1-3-4-7-14(2)11(16)10-15(8-5-12(17)18)9-6-13(19)20/h3-10H2,1-2H3,(H,17,18)(H,19,20). The van der Waals surface area contributed by atoms with Crippen LogP contribution in [0.4, 0.5) is 0 Å². The Morgan fingerprint density at radius 1 is 0.950 bits per heavy atom. The van der Waals surface area contributed by atoms with Crippen LogP contribution in [-0.2, 0) is 14.4 Å². The molecule has 0 saturated carbocycles. The molecule has 20 heavy (non-hydrogen) atoms. The van der Waals surface area contributed by atoms with E-state index in [0.717, 1.165) is 12.8 Å². The van der Waals surface area contributed by atoms with Crippen LogP contribution >= 0.6 is 0 Å². The summed E-state index contributed by atoms with van der Waals surface area (Å²) in [6, 6.07) is 0. The summed E-state index contributed by atoms with van der Waals surface area (Å²) in [6.07, 6.45) is 1.68. The van der Waals surface area contributed by atoms with E-state index >= 15 is 0 Å². The number of aliphatic carboxylic acids is 2. The van der Waals surface area contributed by atoms with Crippen molar-refractivity contribution < 1.29 is 24.6 Å². The molecule has 0 fully saturated rings. The van der Waals surface area contributed by atoms with E-state index in [1.54, 1.807) is 16.8 Å². The van der Waals surface area contributed by atoms with Crippen molar-refractivity contribution in [3.63, 3.8) is 0 Å². The number of carbonyl (C=O) groups is 3. The lowest BCUT2D eigenvalue weighted by atomic mass is 10.3. The summed E-state index contributed by atoms with van der Waals surface area (Å²) < 4.78 is 0. The van der Waals surface area contributed by atoms with Gasteiger partial charge in [-0.05, 0) is 6.42 Å². The maximum absolute atomic E-state index is 11.9. The van der Waals surface area contributed by atoms with Crippen LogP contribution in [-0.4, -0.2) is 71.1 Å². The number of amides is 1. The molecule has 1 amide bonds. The number of rotatable bonds is 11. The van der Waals surface area contributed by atoms with Gasteiger partial charge in [-0.3, -0.25) is 19.3 Å². The quantitative estimate of drug-likeness (QED) is 0.574. The van der Waals surface area contributed by atoms with Crippen LogP contribution in [0.25, 0.3) is 0 Å². The molecule has 0 aromatic carbocycles. The number of hydrogen-bond donors (Lipinski definition) is 2. The van der Waals surface area contributed by atoms with Gasteiger partial charge in [0.25, 0.3) is 0 Å².